The van der Waals surface area contributed by atoms with E-state index in [9.17, 15) is 10.1 Å². The van der Waals surface area contributed by atoms with Crippen LogP contribution in [0, 0.1) is 17.2 Å². The average Bonchev–Trinajstić information content (AvgIpc) is 3.12. The zero-order valence-corrected chi connectivity index (χ0v) is 15.0. The van der Waals surface area contributed by atoms with E-state index in [1.54, 1.807) is 25.3 Å². The summed E-state index contributed by atoms with van der Waals surface area (Å²) in [6, 6.07) is 11.2. The number of para-hydroxylation sites is 2. The molecule has 1 N–H and O–H groups in total. The number of nitrogens with one attached hydrogen (secondary N) is 1. The molecule has 2 atom stereocenters. The molecule has 0 fully saturated rings. The predicted octanol–water partition coefficient (Wildman–Crippen LogP) is 2.88. The molecular formula is C19H19N5O3. The number of nitrogens with zero attached hydrogens (tertiary/aromatic N) is 4. The van der Waals surface area contributed by atoms with Gasteiger partial charge in [-0.25, -0.2) is 15.0 Å². The zero-order valence-electron chi connectivity index (χ0n) is 15.0. The van der Waals surface area contributed by atoms with E-state index in [0.29, 0.717) is 41.6 Å². The lowest BCUT2D eigenvalue weighted by Crippen LogP contribution is -2.17. The van der Waals surface area contributed by atoms with Crippen molar-refractivity contribution in [1.82, 2.24) is 15.0 Å². The first kappa shape index (κ1) is 18.3. The lowest BCUT2D eigenvalue weighted by molar-refractivity contribution is -0.144. The molecule has 0 aliphatic carbocycles. The maximum Gasteiger partial charge on any atom is 0.308 e. The van der Waals surface area contributed by atoms with Crippen LogP contribution in [-0.4, -0.2) is 34.6 Å². The summed E-state index contributed by atoms with van der Waals surface area (Å²) in [5, 5.41) is 12.7. The van der Waals surface area contributed by atoms with Crippen LogP contribution < -0.4 is 5.32 Å². The van der Waals surface area contributed by atoms with E-state index in [4.69, 9.17) is 9.15 Å². The quantitative estimate of drug-likeness (QED) is 0.636. The lowest BCUT2D eigenvalue weighted by Gasteiger charge is -2.11. The Balaban J connectivity index is 1.73. The Morgan fingerprint density at radius 3 is 2.89 bits per heavy atom. The van der Waals surface area contributed by atoms with E-state index in [1.807, 2.05) is 18.2 Å². The van der Waals surface area contributed by atoms with Crippen LogP contribution in [0.25, 0.3) is 11.1 Å². The van der Waals surface area contributed by atoms with Crippen molar-refractivity contribution >= 4 is 23.0 Å². The number of fused-ring (bicyclic) bond motifs is 1. The molecule has 138 valence electrons. The Hall–Kier alpha value is -3.47. The molecule has 1 aromatic carbocycles. The number of aromatic nitrogens is 3. The second-order valence-electron chi connectivity index (χ2n) is 6.03. The molecule has 2 aromatic heterocycles. The summed E-state index contributed by atoms with van der Waals surface area (Å²) in [7, 11) is 1.37. The standard InChI is InChI=1S/C19H19N5O3/c1-12(18(25)26-2)7-9-21-19-22-10-8-14(24-19)13(11-20)17-23-15-5-3-4-6-16(15)27-17/h3-6,8,10,12-13H,7,9H2,1-2H3,(H,21,22,24). The summed E-state index contributed by atoms with van der Waals surface area (Å²) >= 11 is 0. The third-order valence-electron chi connectivity index (χ3n) is 4.12. The number of hydrogen-bond acceptors (Lipinski definition) is 8. The fourth-order valence-corrected chi connectivity index (χ4v) is 2.60. The van der Waals surface area contributed by atoms with Crippen molar-refractivity contribution in [2.75, 3.05) is 19.0 Å². The van der Waals surface area contributed by atoms with Gasteiger partial charge in [-0.2, -0.15) is 5.26 Å². The van der Waals surface area contributed by atoms with Gasteiger partial charge in [0.2, 0.25) is 11.8 Å². The average molecular weight is 365 g/mol. The minimum Gasteiger partial charge on any atom is -0.469 e. The summed E-state index contributed by atoms with van der Waals surface area (Å²) in [6.07, 6.45) is 2.15. The van der Waals surface area contributed by atoms with Gasteiger partial charge >= 0.3 is 5.97 Å². The minimum atomic E-state index is -0.741. The van der Waals surface area contributed by atoms with Gasteiger partial charge in [0.1, 0.15) is 5.52 Å². The Morgan fingerprint density at radius 1 is 1.33 bits per heavy atom. The van der Waals surface area contributed by atoms with Crippen molar-refractivity contribution in [2.24, 2.45) is 5.92 Å². The van der Waals surface area contributed by atoms with E-state index in [2.05, 4.69) is 26.3 Å². The first-order chi connectivity index (χ1) is 13.1. The van der Waals surface area contributed by atoms with E-state index < -0.39 is 5.92 Å². The van der Waals surface area contributed by atoms with Gasteiger partial charge in [-0.15, -0.1) is 0 Å². The Kier molecular flexibility index (Phi) is 5.61. The van der Waals surface area contributed by atoms with E-state index >= 15 is 0 Å². The van der Waals surface area contributed by atoms with Crippen molar-refractivity contribution in [2.45, 2.75) is 19.3 Å². The molecule has 3 rings (SSSR count). The monoisotopic (exact) mass is 365 g/mol. The number of anilines is 1. The molecule has 2 heterocycles. The number of oxazole rings is 1. The van der Waals surface area contributed by atoms with Gasteiger partial charge in [-0.1, -0.05) is 19.1 Å². The second-order valence-corrected chi connectivity index (χ2v) is 6.03. The SMILES string of the molecule is COC(=O)C(C)CCNc1nccc(C(C#N)c2nc3ccccc3o2)n1. The van der Waals surface area contributed by atoms with Crippen LogP contribution >= 0.6 is 0 Å². The van der Waals surface area contributed by atoms with Gasteiger partial charge in [-0.05, 0) is 24.6 Å². The van der Waals surface area contributed by atoms with Gasteiger partial charge in [0, 0.05) is 12.7 Å². The summed E-state index contributed by atoms with van der Waals surface area (Å²) < 4.78 is 10.4. The first-order valence-electron chi connectivity index (χ1n) is 8.52. The molecule has 8 heteroatoms. The molecule has 0 radical (unpaired) electrons. The van der Waals surface area contributed by atoms with Gasteiger partial charge in [0.05, 0.1) is 24.8 Å². The van der Waals surface area contributed by atoms with E-state index in [-0.39, 0.29) is 11.9 Å². The molecule has 0 saturated heterocycles. The van der Waals surface area contributed by atoms with Crippen LogP contribution in [0.2, 0.25) is 0 Å². The van der Waals surface area contributed by atoms with Crippen LogP contribution in [0.1, 0.15) is 30.8 Å². The highest BCUT2D eigenvalue weighted by Gasteiger charge is 2.22. The molecule has 0 bridgehead atoms. The molecule has 0 amide bonds. The number of methoxy groups -OCH3 is 1. The number of esters is 1. The summed E-state index contributed by atoms with van der Waals surface area (Å²) in [4.78, 5) is 24.4. The van der Waals surface area contributed by atoms with Crippen molar-refractivity contribution in [1.29, 1.82) is 5.26 Å². The number of hydrogen-bond donors (Lipinski definition) is 1. The third kappa shape index (κ3) is 4.20. The van der Waals surface area contributed by atoms with Gasteiger partial charge in [0.15, 0.2) is 11.5 Å². The number of carbonyl (C=O) groups is 1. The first-order valence-corrected chi connectivity index (χ1v) is 8.52. The largest absolute Gasteiger partial charge is 0.469 e. The summed E-state index contributed by atoms with van der Waals surface area (Å²) in [5.74, 6) is -0.553. The normalized spacial score (nSPS) is 12.9. The summed E-state index contributed by atoms with van der Waals surface area (Å²) in [6.45, 7) is 2.30. The van der Waals surface area contributed by atoms with Crippen LogP contribution in [0.5, 0.6) is 0 Å². The molecule has 2 unspecified atom stereocenters. The fraction of sp³-hybridized carbons (Fsp3) is 0.316. The zero-order chi connectivity index (χ0) is 19.2. The molecule has 0 aliphatic heterocycles. The van der Waals surface area contributed by atoms with Crippen LogP contribution in [0.15, 0.2) is 40.9 Å². The number of benzene rings is 1. The van der Waals surface area contributed by atoms with E-state index in [1.165, 1.54) is 7.11 Å². The second kappa shape index (κ2) is 8.27. The fourth-order valence-electron chi connectivity index (χ4n) is 2.60. The number of carbonyl (C=O) groups excluding carboxylic acids is 1. The van der Waals surface area contributed by atoms with Gasteiger partial charge < -0.3 is 14.5 Å². The van der Waals surface area contributed by atoms with Crippen LogP contribution in [0.3, 0.4) is 0 Å². The highest BCUT2D eigenvalue weighted by Crippen LogP contribution is 2.26. The molecule has 0 aliphatic rings. The van der Waals surface area contributed by atoms with Crippen LogP contribution in [-0.2, 0) is 9.53 Å². The topological polar surface area (TPSA) is 114 Å². The van der Waals surface area contributed by atoms with Crippen molar-refractivity contribution in [3.8, 4) is 6.07 Å². The molecule has 0 saturated carbocycles. The number of rotatable bonds is 7. The maximum absolute atomic E-state index is 11.4. The minimum absolute atomic E-state index is 0.225. The number of nitriles is 1. The molecular weight excluding hydrogens is 346 g/mol. The molecule has 8 nitrogen and oxygen atoms in total. The maximum atomic E-state index is 11.4. The number of ether oxygens (including phenoxy) is 1. The highest BCUT2D eigenvalue weighted by atomic mass is 16.5. The Labute approximate surface area is 156 Å². The van der Waals surface area contributed by atoms with E-state index in [0.717, 1.165) is 0 Å². The molecule has 3 aromatic rings. The smallest absolute Gasteiger partial charge is 0.308 e. The van der Waals surface area contributed by atoms with Crippen molar-refractivity contribution < 1.29 is 13.9 Å². The highest BCUT2D eigenvalue weighted by molar-refractivity contribution is 5.72. The lowest BCUT2D eigenvalue weighted by atomic mass is 10.1. The van der Waals surface area contributed by atoms with Crippen molar-refractivity contribution in [3.63, 3.8) is 0 Å². The van der Waals surface area contributed by atoms with Crippen molar-refractivity contribution in [3.05, 3.63) is 48.1 Å². The summed E-state index contributed by atoms with van der Waals surface area (Å²) in [5.41, 5.74) is 1.80. The predicted molar refractivity (Wildman–Crippen MR) is 97.8 cm³/mol. The third-order valence-corrected chi connectivity index (χ3v) is 4.12. The van der Waals surface area contributed by atoms with Gasteiger partial charge in [-0.3, -0.25) is 4.79 Å². The Bertz CT molecular complexity index is 946. The molecule has 0 spiro atoms. The van der Waals surface area contributed by atoms with Crippen LogP contribution in [0.4, 0.5) is 5.95 Å². The van der Waals surface area contributed by atoms with Gasteiger partial charge in [0.25, 0.3) is 0 Å². The Morgan fingerprint density at radius 2 is 2.15 bits per heavy atom. The molecule has 27 heavy (non-hydrogen) atoms.